The topological polar surface area (TPSA) is 53.0 Å². The van der Waals surface area contributed by atoms with Crippen molar-refractivity contribution in [3.05, 3.63) is 0 Å². The van der Waals surface area contributed by atoms with E-state index in [4.69, 9.17) is 11.0 Å². The summed E-state index contributed by atoms with van der Waals surface area (Å²) in [5, 5.41) is 8.44. The standard InChI is InChI=1S/C12H23N3/c1-11(14)12-6-5-9-15(10-12)8-4-2-3-7-13/h11-12H,2-6,8-10,14H2,1H3. The zero-order valence-corrected chi connectivity index (χ0v) is 9.78. The van der Waals surface area contributed by atoms with Gasteiger partial charge in [0.05, 0.1) is 6.07 Å². The Morgan fingerprint density at radius 2 is 2.33 bits per heavy atom. The molecular formula is C12H23N3. The van der Waals surface area contributed by atoms with Crippen LogP contribution in [0.15, 0.2) is 0 Å². The SMILES string of the molecule is CC(N)C1CCCN(CCCCC#N)C1. The molecule has 1 aliphatic rings. The van der Waals surface area contributed by atoms with E-state index in [-0.39, 0.29) is 0 Å². The van der Waals surface area contributed by atoms with Gasteiger partial charge >= 0.3 is 0 Å². The molecule has 0 aromatic heterocycles. The molecule has 0 amide bonds. The second-order valence-electron chi connectivity index (χ2n) is 4.68. The summed E-state index contributed by atoms with van der Waals surface area (Å²) in [6.45, 7) is 5.63. The normalized spacial score (nSPS) is 24.7. The number of rotatable bonds is 5. The smallest absolute Gasteiger partial charge is 0.0621 e. The van der Waals surface area contributed by atoms with Crippen molar-refractivity contribution >= 4 is 0 Å². The van der Waals surface area contributed by atoms with Crippen molar-refractivity contribution in [2.24, 2.45) is 11.7 Å². The Bertz CT molecular complexity index is 207. The number of likely N-dealkylation sites (tertiary alicyclic amines) is 1. The first kappa shape index (κ1) is 12.5. The maximum absolute atomic E-state index is 8.44. The molecular weight excluding hydrogens is 186 g/mol. The average molecular weight is 209 g/mol. The number of hydrogen-bond acceptors (Lipinski definition) is 3. The number of unbranched alkanes of at least 4 members (excludes halogenated alkanes) is 2. The summed E-state index contributed by atoms with van der Waals surface area (Å²) in [4.78, 5) is 2.51. The van der Waals surface area contributed by atoms with Crippen molar-refractivity contribution in [1.29, 1.82) is 5.26 Å². The lowest BCUT2D eigenvalue weighted by Crippen LogP contribution is -2.42. The maximum Gasteiger partial charge on any atom is 0.0621 e. The monoisotopic (exact) mass is 209 g/mol. The number of nitriles is 1. The van der Waals surface area contributed by atoms with E-state index in [1.165, 1.54) is 19.4 Å². The van der Waals surface area contributed by atoms with Crippen LogP contribution in [0, 0.1) is 17.2 Å². The van der Waals surface area contributed by atoms with E-state index in [1.807, 2.05) is 0 Å². The fourth-order valence-corrected chi connectivity index (χ4v) is 2.26. The Balaban J connectivity index is 2.16. The van der Waals surface area contributed by atoms with E-state index in [1.54, 1.807) is 0 Å². The predicted octanol–water partition coefficient (Wildman–Crippen LogP) is 1.74. The Hall–Kier alpha value is -0.590. The van der Waals surface area contributed by atoms with Gasteiger partial charge in [-0.1, -0.05) is 0 Å². The summed E-state index contributed by atoms with van der Waals surface area (Å²) in [7, 11) is 0. The van der Waals surface area contributed by atoms with Gasteiger partial charge < -0.3 is 10.6 Å². The highest BCUT2D eigenvalue weighted by Gasteiger charge is 2.21. The second-order valence-corrected chi connectivity index (χ2v) is 4.68. The number of hydrogen-bond donors (Lipinski definition) is 1. The van der Waals surface area contributed by atoms with Gasteiger partial charge in [-0.15, -0.1) is 0 Å². The molecule has 1 rings (SSSR count). The summed E-state index contributed by atoms with van der Waals surface area (Å²) in [6, 6.07) is 2.52. The Morgan fingerprint density at radius 1 is 1.53 bits per heavy atom. The van der Waals surface area contributed by atoms with Crippen LogP contribution in [0.4, 0.5) is 0 Å². The van der Waals surface area contributed by atoms with Gasteiger partial charge in [0.25, 0.3) is 0 Å². The summed E-state index contributed by atoms with van der Waals surface area (Å²) < 4.78 is 0. The molecule has 1 heterocycles. The van der Waals surface area contributed by atoms with Crippen molar-refractivity contribution in [2.45, 2.75) is 45.1 Å². The summed E-state index contributed by atoms with van der Waals surface area (Å²) in [6.07, 6.45) is 5.45. The summed E-state index contributed by atoms with van der Waals surface area (Å²) in [5.74, 6) is 0.676. The van der Waals surface area contributed by atoms with Crippen LogP contribution in [-0.2, 0) is 0 Å². The molecule has 2 N–H and O–H groups in total. The molecule has 0 bridgehead atoms. The quantitative estimate of drug-likeness (QED) is 0.702. The number of nitrogens with two attached hydrogens (primary N) is 1. The van der Waals surface area contributed by atoms with Crippen LogP contribution in [0.3, 0.4) is 0 Å². The van der Waals surface area contributed by atoms with Crippen LogP contribution < -0.4 is 5.73 Å². The molecule has 0 radical (unpaired) electrons. The lowest BCUT2D eigenvalue weighted by molar-refractivity contribution is 0.159. The molecule has 0 aliphatic carbocycles. The molecule has 3 heteroatoms. The van der Waals surface area contributed by atoms with Crippen molar-refractivity contribution in [3.63, 3.8) is 0 Å². The predicted molar refractivity (Wildman–Crippen MR) is 62.3 cm³/mol. The minimum Gasteiger partial charge on any atom is -0.328 e. The van der Waals surface area contributed by atoms with Gasteiger partial charge in [0.2, 0.25) is 0 Å². The highest BCUT2D eigenvalue weighted by atomic mass is 15.1. The van der Waals surface area contributed by atoms with E-state index >= 15 is 0 Å². The Kier molecular flexibility index (Phi) is 5.67. The molecule has 1 fully saturated rings. The van der Waals surface area contributed by atoms with Crippen LogP contribution in [0.2, 0.25) is 0 Å². The summed E-state index contributed by atoms with van der Waals surface area (Å²) in [5.41, 5.74) is 5.94. The van der Waals surface area contributed by atoms with Gasteiger partial charge in [0, 0.05) is 19.0 Å². The molecule has 15 heavy (non-hydrogen) atoms. The molecule has 0 aromatic carbocycles. The first-order valence-corrected chi connectivity index (χ1v) is 6.09. The van der Waals surface area contributed by atoms with Gasteiger partial charge in [-0.25, -0.2) is 0 Å². The first-order chi connectivity index (χ1) is 7.24. The van der Waals surface area contributed by atoms with Crippen molar-refractivity contribution in [3.8, 4) is 6.07 Å². The molecule has 2 unspecified atom stereocenters. The lowest BCUT2D eigenvalue weighted by atomic mass is 9.92. The maximum atomic E-state index is 8.44. The van der Waals surface area contributed by atoms with Gasteiger partial charge in [-0.05, 0) is 51.6 Å². The molecule has 0 aromatic rings. The third-order valence-corrected chi connectivity index (χ3v) is 3.30. The van der Waals surface area contributed by atoms with Crippen LogP contribution >= 0.6 is 0 Å². The average Bonchev–Trinajstić information content (AvgIpc) is 2.25. The van der Waals surface area contributed by atoms with E-state index in [0.29, 0.717) is 18.4 Å². The van der Waals surface area contributed by atoms with E-state index in [0.717, 1.165) is 25.9 Å². The van der Waals surface area contributed by atoms with Crippen LogP contribution in [0.25, 0.3) is 0 Å². The van der Waals surface area contributed by atoms with Crippen molar-refractivity contribution < 1.29 is 0 Å². The largest absolute Gasteiger partial charge is 0.328 e. The molecule has 1 aliphatic heterocycles. The van der Waals surface area contributed by atoms with E-state index in [9.17, 15) is 0 Å². The zero-order chi connectivity index (χ0) is 11.1. The molecule has 86 valence electrons. The van der Waals surface area contributed by atoms with Crippen LogP contribution in [0.1, 0.15) is 39.0 Å². The minimum atomic E-state index is 0.326. The summed E-state index contributed by atoms with van der Waals surface area (Å²) >= 11 is 0. The Labute approximate surface area is 93.2 Å². The molecule has 0 saturated carbocycles. The fourth-order valence-electron chi connectivity index (χ4n) is 2.26. The molecule has 1 saturated heterocycles. The number of nitrogens with zero attached hydrogens (tertiary/aromatic N) is 2. The lowest BCUT2D eigenvalue weighted by Gasteiger charge is -2.34. The third-order valence-electron chi connectivity index (χ3n) is 3.30. The van der Waals surface area contributed by atoms with Crippen LogP contribution in [0.5, 0.6) is 0 Å². The molecule has 3 nitrogen and oxygen atoms in total. The van der Waals surface area contributed by atoms with Crippen molar-refractivity contribution in [2.75, 3.05) is 19.6 Å². The van der Waals surface area contributed by atoms with Crippen molar-refractivity contribution in [1.82, 2.24) is 4.90 Å². The highest BCUT2D eigenvalue weighted by molar-refractivity contribution is 4.78. The van der Waals surface area contributed by atoms with Gasteiger partial charge in [0.1, 0.15) is 0 Å². The van der Waals surface area contributed by atoms with Gasteiger partial charge in [-0.3, -0.25) is 0 Å². The molecule has 0 spiro atoms. The van der Waals surface area contributed by atoms with E-state index in [2.05, 4.69) is 17.9 Å². The van der Waals surface area contributed by atoms with Gasteiger partial charge in [0.15, 0.2) is 0 Å². The third kappa shape index (κ3) is 4.63. The van der Waals surface area contributed by atoms with Gasteiger partial charge in [-0.2, -0.15) is 5.26 Å². The first-order valence-electron chi connectivity index (χ1n) is 6.09. The Morgan fingerprint density at radius 3 is 3.00 bits per heavy atom. The highest BCUT2D eigenvalue weighted by Crippen LogP contribution is 2.18. The molecule has 2 atom stereocenters. The van der Waals surface area contributed by atoms with Crippen LogP contribution in [-0.4, -0.2) is 30.6 Å². The zero-order valence-electron chi connectivity index (χ0n) is 9.78. The minimum absolute atomic E-state index is 0.326. The number of piperidine rings is 1. The fraction of sp³-hybridized carbons (Fsp3) is 0.917. The van der Waals surface area contributed by atoms with E-state index < -0.39 is 0 Å². The second kappa shape index (κ2) is 6.81.